The first-order chi connectivity index (χ1) is 13.5. The van der Waals surface area contributed by atoms with E-state index in [1.807, 2.05) is 4.90 Å². The van der Waals surface area contributed by atoms with E-state index in [1.54, 1.807) is 27.7 Å². The second kappa shape index (κ2) is 7.63. The highest BCUT2D eigenvalue weighted by Crippen LogP contribution is 2.47. The molecule has 0 amide bonds. The maximum absolute atomic E-state index is 13.4. The van der Waals surface area contributed by atoms with Crippen LogP contribution in [-0.2, 0) is 37.2 Å². The predicted molar refractivity (Wildman–Crippen MR) is 99.0 cm³/mol. The van der Waals surface area contributed by atoms with E-state index in [2.05, 4.69) is 0 Å². The Bertz CT molecular complexity index is 782. The largest absolute Gasteiger partial charge is 0.462 e. The third-order valence-electron chi connectivity index (χ3n) is 5.42. The van der Waals surface area contributed by atoms with E-state index in [0.717, 1.165) is 18.6 Å². The molecule has 0 spiro atoms. The van der Waals surface area contributed by atoms with E-state index in [-0.39, 0.29) is 12.1 Å². The summed E-state index contributed by atoms with van der Waals surface area (Å²) in [6.45, 7) is 7.51. The second-order valence-electron chi connectivity index (χ2n) is 8.21. The van der Waals surface area contributed by atoms with Crippen LogP contribution >= 0.6 is 0 Å². The highest BCUT2D eigenvalue weighted by Gasteiger charge is 2.62. The molecule has 5 nitrogen and oxygen atoms in total. The molecule has 2 aliphatic rings. The van der Waals surface area contributed by atoms with Gasteiger partial charge in [0.25, 0.3) is 0 Å². The van der Waals surface area contributed by atoms with Crippen molar-refractivity contribution in [3.05, 3.63) is 34.9 Å². The summed E-state index contributed by atoms with van der Waals surface area (Å²) in [5.74, 6) is -1.54. The number of hydrogen-bond acceptors (Lipinski definition) is 5. The van der Waals surface area contributed by atoms with Crippen LogP contribution in [0, 0.1) is 0 Å². The van der Waals surface area contributed by atoms with E-state index < -0.39 is 47.3 Å². The molecule has 1 fully saturated rings. The summed E-state index contributed by atoms with van der Waals surface area (Å²) in [5.41, 5.74) is -2.05. The average Bonchev–Trinajstić information content (AvgIpc) is 3.05. The normalized spacial score (nSPS) is 21.1. The number of carbonyl (C=O) groups is 2. The molecule has 1 atom stereocenters. The van der Waals surface area contributed by atoms with Crippen molar-refractivity contribution in [2.24, 2.45) is 0 Å². The first kappa shape index (κ1) is 21.6. The van der Waals surface area contributed by atoms with Gasteiger partial charge in [0.2, 0.25) is 5.41 Å². The van der Waals surface area contributed by atoms with Crippen LogP contribution < -0.4 is 0 Å². The summed E-state index contributed by atoms with van der Waals surface area (Å²) in [6, 6.07) is 2.69. The van der Waals surface area contributed by atoms with Crippen LogP contribution in [0.15, 0.2) is 18.2 Å². The number of esters is 2. The number of nitrogens with zero attached hydrogens (tertiary/aromatic N) is 1. The number of fused-ring (bicyclic) bond motifs is 2. The molecule has 1 aromatic rings. The van der Waals surface area contributed by atoms with Gasteiger partial charge >= 0.3 is 18.1 Å². The Hall–Kier alpha value is -2.09. The van der Waals surface area contributed by atoms with Crippen molar-refractivity contribution < 1.29 is 32.2 Å². The van der Waals surface area contributed by atoms with E-state index in [4.69, 9.17) is 9.47 Å². The maximum atomic E-state index is 13.4. The lowest BCUT2D eigenvalue weighted by Crippen LogP contribution is -2.62. The summed E-state index contributed by atoms with van der Waals surface area (Å²) < 4.78 is 50.8. The lowest BCUT2D eigenvalue weighted by molar-refractivity contribution is -0.174. The minimum Gasteiger partial charge on any atom is -0.462 e. The van der Waals surface area contributed by atoms with Gasteiger partial charge in [-0.15, -0.1) is 0 Å². The van der Waals surface area contributed by atoms with Gasteiger partial charge in [0.15, 0.2) is 0 Å². The van der Waals surface area contributed by atoms with Crippen LogP contribution in [0.4, 0.5) is 13.2 Å². The van der Waals surface area contributed by atoms with Gasteiger partial charge in [0.05, 0.1) is 17.8 Å². The molecule has 0 N–H and O–H groups in total. The van der Waals surface area contributed by atoms with Crippen LogP contribution in [0.5, 0.6) is 0 Å². The van der Waals surface area contributed by atoms with Crippen LogP contribution in [0.2, 0.25) is 0 Å². The predicted octanol–water partition coefficient (Wildman–Crippen LogP) is 3.82. The van der Waals surface area contributed by atoms with Crippen LogP contribution in [-0.4, -0.2) is 41.6 Å². The fraction of sp³-hybridized carbons (Fsp3) is 0.619. The summed E-state index contributed by atoms with van der Waals surface area (Å²) in [6.07, 6.45) is -4.20. The van der Waals surface area contributed by atoms with Gasteiger partial charge in [0.1, 0.15) is 0 Å². The van der Waals surface area contributed by atoms with Crippen molar-refractivity contribution >= 4 is 11.9 Å². The summed E-state index contributed by atoms with van der Waals surface area (Å²) in [4.78, 5) is 28.6. The molecule has 1 aromatic carbocycles. The SMILES string of the molecule is CC(C)OC(=O)C1(C(=O)OC(C)C)c2ccc(C(F)(F)F)cc2CN2CCCC21. The molecule has 1 unspecified atom stereocenters. The van der Waals surface area contributed by atoms with Crippen molar-refractivity contribution in [1.82, 2.24) is 4.90 Å². The number of hydrogen-bond donors (Lipinski definition) is 0. The van der Waals surface area contributed by atoms with Gasteiger partial charge in [-0.25, -0.2) is 0 Å². The van der Waals surface area contributed by atoms with Crippen molar-refractivity contribution in [2.75, 3.05) is 6.54 Å². The Kier molecular flexibility index (Phi) is 5.69. The maximum Gasteiger partial charge on any atom is 0.416 e. The Morgan fingerprint density at radius 3 is 2.21 bits per heavy atom. The molecule has 29 heavy (non-hydrogen) atoms. The van der Waals surface area contributed by atoms with Gasteiger partial charge < -0.3 is 9.47 Å². The van der Waals surface area contributed by atoms with E-state index in [9.17, 15) is 22.8 Å². The zero-order valence-electron chi connectivity index (χ0n) is 17.0. The van der Waals surface area contributed by atoms with Gasteiger partial charge in [0, 0.05) is 12.6 Å². The third kappa shape index (κ3) is 3.74. The van der Waals surface area contributed by atoms with Gasteiger partial charge in [-0.05, 0) is 70.3 Å². The molecule has 3 rings (SSSR count). The lowest BCUT2D eigenvalue weighted by atomic mass is 9.68. The van der Waals surface area contributed by atoms with E-state index in [1.165, 1.54) is 6.07 Å². The molecule has 1 saturated heterocycles. The van der Waals surface area contributed by atoms with Crippen molar-refractivity contribution in [1.29, 1.82) is 0 Å². The monoisotopic (exact) mass is 413 g/mol. The number of benzene rings is 1. The van der Waals surface area contributed by atoms with Crippen molar-refractivity contribution in [3.8, 4) is 0 Å². The van der Waals surface area contributed by atoms with Crippen molar-refractivity contribution in [2.45, 2.75) is 76.9 Å². The number of rotatable bonds is 4. The van der Waals surface area contributed by atoms with Gasteiger partial charge in [-0.1, -0.05) is 6.07 Å². The summed E-state index contributed by atoms with van der Waals surface area (Å²) >= 11 is 0. The first-order valence-corrected chi connectivity index (χ1v) is 9.84. The Morgan fingerprint density at radius 1 is 1.10 bits per heavy atom. The highest BCUT2D eigenvalue weighted by molar-refractivity contribution is 6.08. The molecule has 0 saturated carbocycles. The molecule has 8 heteroatoms. The molecule has 0 aliphatic carbocycles. The van der Waals surface area contributed by atoms with Gasteiger partial charge in [-0.2, -0.15) is 13.2 Å². The molecular weight excluding hydrogens is 387 g/mol. The highest BCUT2D eigenvalue weighted by atomic mass is 19.4. The average molecular weight is 413 g/mol. The minimum atomic E-state index is -4.52. The fourth-order valence-electron chi connectivity index (χ4n) is 4.38. The smallest absolute Gasteiger partial charge is 0.416 e. The zero-order valence-corrected chi connectivity index (χ0v) is 17.0. The topological polar surface area (TPSA) is 55.8 Å². The molecule has 160 valence electrons. The van der Waals surface area contributed by atoms with Crippen LogP contribution in [0.3, 0.4) is 0 Å². The molecule has 0 aromatic heterocycles. The molecule has 2 heterocycles. The Morgan fingerprint density at radius 2 is 1.69 bits per heavy atom. The standard InChI is InChI=1S/C21H26F3NO4/c1-12(2)28-18(26)20(19(27)29-13(3)4)16-8-7-15(21(22,23)24)10-14(16)11-25-9-5-6-17(20)25/h7-8,10,12-13,17H,5-6,9,11H2,1-4H3. The fourth-order valence-corrected chi connectivity index (χ4v) is 4.38. The lowest BCUT2D eigenvalue weighted by Gasteiger charge is -2.45. The summed E-state index contributed by atoms with van der Waals surface area (Å²) in [5, 5.41) is 0. The van der Waals surface area contributed by atoms with E-state index in [0.29, 0.717) is 18.5 Å². The number of ether oxygens (including phenoxy) is 2. The van der Waals surface area contributed by atoms with Gasteiger partial charge in [-0.3, -0.25) is 14.5 Å². The number of alkyl halides is 3. The molecular formula is C21H26F3NO4. The van der Waals surface area contributed by atoms with E-state index >= 15 is 0 Å². The molecule has 2 aliphatic heterocycles. The van der Waals surface area contributed by atoms with Crippen molar-refractivity contribution in [3.63, 3.8) is 0 Å². The summed E-state index contributed by atoms with van der Waals surface area (Å²) in [7, 11) is 0. The zero-order chi connectivity index (χ0) is 21.6. The molecule has 0 radical (unpaired) electrons. The van der Waals surface area contributed by atoms with Crippen LogP contribution in [0.1, 0.15) is 57.2 Å². The second-order valence-corrected chi connectivity index (χ2v) is 8.21. The minimum absolute atomic E-state index is 0.246. The Balaban J connectivity index is 2.24. The Labute approximate surface area is 168 Å². The van der Waals surface area contributed by atoms with Crippen LogP contribution in [0.25, 0.3) is 0 Å². The first-order valence-electron chi connectivity index (χ1n) is 9.84. The third-order valence-corrected chi connectivity index (χ3v) is 5.42. The molecule has 0 bridgehead atoms. The number of halogens is 3. The number of carbonyl (C=O) groups excluding carboxylic acids is 2. The quantitative estimate of drug-likeness (QED) is 0.555.